The second-order valence-corrected chi connectivity index (χ2v) is 7.47. The van der Waals surface area contributed by atoms with Gasteiger partial charge < -0.3 is 10.1 Å². The fourth-order valence-corrected chi connectivity index (χ4v) is 3.96. The molecule has 1 aliphatic carbocycles. The molecule has 0 saturated heterocycles. The number of ether oxygens (including phenoxy) is 1. The van der Waals surface area contributed by atoms with Crippen molar-refractivity contribution in [3.63, 3.8) is 0 Å². The number of hydrogen-bond donors (Lipinski definition) is 1. The predicted molar refractivity (Wildman–Crippen MR) is 93.1 cm³/mol. The Bertz CT molecular complexity index is 618. The van der Waals surface area contributed by atoms with E-state index in [1.807, 2.05) is 12.1 Å². The molecule has 124 valence electrons. The molecule has 3 rings (SSSR count). The van der Waals surface area contributed by atoms with E-state index >= 15 is 0 Å². The van der Waals surface area contributed by atoms with Crippen LogP contribution in [0.15, 0.2) is 30.3 Å². The van der Waals surface area contributed by atoms with Gasteiger partial charge in [-0.25, -0.2) is 0 Å². The lowest BCUT2D eigenvalue weighted by atomic mass is 9.81. The second kappa shape index (κ2) is 6.48. The zero-order valence-corrected chi connectivity index (χ0v) is 14.4. The van der Waals surface area contributed by atoms with Gasteiger partial charge in [-0.05, 0) is 38.7 Å². The third-order valence-corrected chi connectivity index (χ3v) is 5.07. The molecule has 1 aliphatic heterocycles. The van der Waals surface area contributed by atoms with Gasteiger partial charge in [0.1, 0.15) is 0 Å². The molecule has 1 saturated carbocycles. The third-order valence-electron chi connectivity index (χ3n) is 5.07. The van der Waals surface area contributed by atoms with Crippen LogP contribution in [0.4, 0.5) is 0 Å². The van der Waals surface area contributed by atoms with Crippen molar-refractivity contribution in [2.24, 2.45) is 5.92 Å². The number of carbonyl (C=O) groups is 1. The molecule has 23 heavy (non-hydrogen) atoms. The van der Waals surface area contributed by atoms with Crippen molar-refractivity contribution in [1.29, 1.82) is 0 Å². The largest absolute Gasteiger partial charge is 0.381 e. The highest BCUT2D eigenvalue weighted by molar-refractivity contribution is 5.99. The van der Waals surface area contributed by atoms with Gasteiger partial charge >= 0.3 is 0 Å². The molecule has 2 aliphatic rings. The standard InChI is InChI=1S/C20H27NO2/c1-20(2)13-14-8-4-5-9-15(14)17(21-20)12-18(22)16-10-6-7-11-19(16)23-3/h4-5,8-9,12,16,19,21H,6-7,10-11,13H2,1-3H3/b17-12+. The van der Waals surface area contributed by atoms with Gasteiger partial charge in [0.15, 0.2) is 5.78 Å². The molecule has 1 aromatic carbocycles. The highest BCUT2D eigenvalue weighted by Gasteiger charge is 2.32. The van der Waals surface area contributed by atoms with Gasteiger partial charge in [-0.2, -0.15) is 0 Å². The van der Waals surface area contributed by atoms with Gasteiger partial charge in [-0.1, -0.05) is 37.1 Å². The lowest BCUT2D eigenvalue weighted by molar-refractivity contribution is -0.124. The van der Waals surface area contributed by atoms with E-state index in [1.54, 1.807) is 7.11 Å². The summed E-state index contributed by atoms with van der Waals surface area (Å²) in [5.74, 6) is 0.201. The van der Waals surface area contributed by atoms with E-state index in [0.29, 0.717) is 0 Å². The van der Waals surface area contributed by atoms with Crippen molar-refractivity contribution >= 4 is 11.5 Å². The first kappa shape index (κ1) is 16.3. The summed E-state index contributed by atoms with van der Waals surface area (Å²) in [5.41, 5.74) is 3.39. The van der Waals surface area contributed by atoms with Crippen molar-refractivity contribution in [3.8, 4) is 0 Å². The zero-order chi connectivity index (χ0) is 16.4. The van der Waals surface area contributed by atoms with Gasteiger partial charge in [0.05, 0.1) is 6.10 Å². The maximum absolute atomic E-state index is 12.9. The van der Waals surface area contributed by atoms with Crippen LogP contribution in [-0.2, 0) is 16.0 Å². The zero-order valence-electron chi connectivity index (χ0n) is 14.4. The Morgan fingerprint density at radius 2 is 2.00 bits per heavy atom. The van der Waals surface area contributed by atoms with Gasteiger partial charge in [0.25, 0.3) is 0 Å². The number of ketones is 1. The molecule has 0 radical (unpaired) electrons. The molecule has 0 aromatic heterocycles. The van der Waals surface area contributed by atoms with Gasteiger partial charge in [0, 0.05) is 35.9 Å². The smallest absolute Gasteiger partial charge is 0.163 e. The maximum Gasteiger partial charge on any atom is 0.163 e. The molecule has 1 fully saturated rings. The van der Waals surface area contributed by atoms with Crippen molar-refractivity contribution in [1.82, 2.24) is 5.32 Å². The Labute approximate surface area is 139 Å². The molecule has 0 spiro atoms. The summed E-state index contributed by atoms with van der Waals surface area (Å²) in [4.78, 5) is 12.9. The number of carbonyl (C=O) groups excluding carboxylic acids is 1. The number of benzene rings is 1. The van der Waals surface area contributed by atoms with Crippen LogP contribution in [0.2, 0.25) is 0 Å². The normalized spacial score (nSPS) is 28.0. The van der Waals surface area contributed by atoms with Crippen LogP contribution in [0, 0.1) is 5.92 Å². The molecule has 1 N–H and O–H groups in total. The minimum Gasteiger partial charge on any atom is -0.381 e. The van der Waals surface area contributed by atoms with Crippen LogP contribution in [0.3, 0.4) is 0 Å². The van der Waals surface area contributed by atoms with E-state index in [2.05, 4.69) is 37.4 Å². The third kappa shape index (κ3) is 3.50. The summed E-state index contributed by atoms with van der Waals surface area (Å²) >= 11 is 0. The van der Waals surface area contributed by atoms with Gasteiger partial charge in [0.2, 0.25) is 0 Å². The number of rotatable bonds is 3. The second-order valence-electron chi connectivity index (χ2n) is 7.47. The Morgan fingerprint density at radius 3 is 2.78 bits per heavy atom. The molecule has 0 amide bonds. The van der Waals surface area contributed by atoms with Gasteiger partial charge in [-0.3, -0.25) is 4.79 Å². The highest BCUT2D eigenvalue weighted by Crippen LogP contribution is 2.32. The minimum absolute atomic E-state index is 0.000232. The van der Waals surface area contributed by atoms with E-state index in [1.165, 1.54) is 5.56 Å². The molecule has 2 unspecified atom stereocenters. The lowest BCUT2D eigenvalue weighted by Gasteiger charge is -2.36. The minimum atomic E-state index is -0.0340. The topological polar surface area (TPSA) is 38.3 Å². The summed E-state index contributed by atoms with van der Waals surface area (Å²) in [6, 6.07) is 8.37. The SMILES string of the molecule is COC1CCCCC1C(=O)/C=C1/NC(C)(C)Cc2ccccc21. The molecule has 1 aromatic rings. The fraction of sp³-hybridized carbons (Fsp3) is 0.550. The van der Waals surface area contributed by atoms with E-state index in [0.717, 1.165) is 43.4 Å². The Morgan fingerprint density at radius 1 is 1.26 bits per heavy atom. The average Bonchev–Trinajstić information content (AvgIpc) is 2.53. The van der Waals surface area contributed by atoms with Gasteiger partial charge in [-0.15, -0.1) is 0 Å². The molecule has 3 heteroatoms. The first-order valence-electron chi connectivity index (χ1n) is 8.65. The highest BCUT2D eigenvalue weighted by atomic mass is 16.5. The maximum atomic E-state index is 12.9. The fourth-order valence-electron chi connectivity index (χ4n) is 3.96. The number of hydrogen-bond acceptors (Lipinski definition) is 3. The van der Waals surface area contributed by atoms with E-state index in [4.69, 9.17) is 4.74 Å². The first-order valence-corrected chi connectivity index (χ1v) is 8.65. The van der Waals surface area contributed by atoms with Crippen LogP contribution < -0.4 is 5.32 Å². The molecular weight excluding hydrogens is 286 g/mol. The number of fused-ring (bicyclic) bond motifs is 1. The molecule has 3 nitrogen and oxygen atoms in total. The average molecular weight is 313 g/mol. The monoisotopic (exact) mass is 313 g/mol. The van der Waals surface area contributed by atoms with Crippen LogP contribution in [0.25, 0.3) is 5.70 Å². The Kier molecular flexibility index (Phi) is 4.58. The summed E-state index contributed by atoms with van der Waals surface area (Å²) in [6.45, 7) is 4.36. The van der Waals surface area contributed by atoms with E-state index in [-0.39, 0.29) is 23.3 Å². The predicted octanol–water partition coefficient (Wildman–Crippen LogP) is 3.73. The van der Waals surface area contributed by atoms with Crippen LogP contribution in [0.5, 0.6) is 0 Å². The molecule has 1 heterocycles. The van der Waals surface area contributed by atoms with E-state index < -0.39 is 0 Å². The van der Waals surface area contributed by atoms with Crippen molar-refractivity contribution in [2.45, 2.75) is 57.6 Å². The van der Waals surface area contributed by atoms with Crippen molar-refractivity contribution in [2.75, 3.05) is 7.11 Å². The summed E-state index contributed by atoms with van der Waals surface area (Å²) < 4.78 is 5.55. The summed E-state index contributed by atoms with van der Waals surface area (Å²) in [6.07, 6.45) is 7.07. The van der Waals surface area contributed by atoms with Crippen LogP contribution >= 0.6 is 0 Å². The molecule has 0 bridgehead atoms. The molecule has 2 atom stereocenters. The van der Waals surface area contributed by atoms with Crippen LogP contribution in [0.1, 0.15) is 50.7 Å². The van der Waals surface area contributed by atoms with Crippen LogP contribution in [-0.4, -0.2) is 24.5 Å². The van der Waals surface area contributed by atoms with Crippen molar-refractivity contribution < 1.29 is 9.53 Å². The first-order chi connectivity index (χ1) is 11.0. The van der Waals surface area contributed by atoms with E-state index in [9.17, 15) is 4.79 Å². The Hall–Kier alpha value is -1.61. The molecular formula is C20H27NO2. The quantitative estimate of drug-likeness (QED) is 0.864. The van der Waals surface area contributed by atoms with Crippen molar-refractivity contribution in [3.05, 3.63) is 41.5 Å². The lowest BCUT2D eigenvalue weighted by Crippen LogP contribution is -2.44. The Balaban J connectivity index is 1.90. The number of nitrogens with one attached hydrogen (secondary N) is 1. The summed E-state index contributed by atoms with van der Waals surface area (Å²) in [7, 11) is 1.72. The number of methoxy groups -OCH3 is 1. The summed E-state index contributed by atoms with van der Waals surface area (Å²) in [5, 5.41) is 3.55. The number of allylic oxidation sites excluding steroid dienone is 1.